The SMILES string of the molecule is CC(C)(C)OC(=O)/N=C(\N)c1cccc(CC(=O)O)c1. The number of carbonyl (C=O) groups excluding carboxylic acids is 1. The molecule has 0 aliphatic rings. The Morgan fingerprint density at radius 3 is 2.55 bits per heavy atom. The lowest BCUT2D eigenvalue weighted by Crippen LogP contribution is -2.24. The fraction of sp³-hybridized carbons (Fsp3) is 0.357. The third kappa shape index (κ3) is 5.51. The molecule has 20 heavy (non-hydrogen) atoms. The monoisotopic (exact) mass is 278 g/mol. The van der Waals surface area contributed by atoms with Gasteiger partial charge in [-0.3, -0.25) is 4.79 Å². The number of amidine groups is 1. The van der Waals surface area contributed by atoms with Crippen LogP contribution in [0.2, 0.25) is 0 Å². The number of carboxylic acid groups (broad SMARTS) is 1. The summed E-state index contributed by atoms with van der Waals surface area (Å²) in [6, 6.07) is 6.55. The van der Waals surface area contributed by atoms with Crippen molar-refractivity contribution in [2.45, 2.75) is 32.8 Å². The van der Waals surface area contributed by atoms with Crippen molar-refractivity contribution in [2.75, 3.05) is 0 Å². The maximum atomic E-state index is 11.5. The highest BCUT2D eigenvalue weighted by molar-refractivity contribution is 6.02. The van der Waals surface area contributed by atoms with Crippen molar-refractivity contribution in [1.82, 2.24) is 0 Å². The fourth-order valence-corrected chi connectivity index (χ4v) is 1.46. The smallest absolute Gasteiger partial charge is 0.436 e. The van der Waals surface area contributed by atoms with Crippen LogP contribution in [0.3, 0.4) is 0 Å². The van der Waals surface area contributed by atoms with Gasteiger partial charge < -0.3 is 15.6 Å². The summed E-state index contributed by atoms with van der Waals surface area (Å²) in [6.45, 7) is 5.18. The molecule has 1 aromatic rings. The minimum atomic E-state index is -0.940. The Labute approximate surface area is 117 Å². The first-order valence-electron chi connectivity index (χ1n) is 6.05. The van der Waals surface area contributed by atoms with Gasteiger partial charge in [0.1, 0.15) is 11.4 Å². The van der Waals surface area contributed by atoms with E-state index in [0.29, 0.717) is 11.1 Å². The topological polar surface area (TPSA) is 102 Å². The van der Waals surface area contributed by atoms with Crippen LogP contribution in [0.15, 0.2) is 29.3 Å². The van der Waals surface area contributed by atoms with Crippen LogP contribution in [-0.2, 0) is 16.0 Å². The number of aliphatic imine (C=N–C) groups is 1. The number of carboxylic acids is 1. The largest absolute Gasteiger partial charge is 0.481 e. The number of amides is 1. The average Bonchev–Trinajstić information content (AvgIpc) is 2.25. The second-order valence-corrected chi connectivity index (χ2v) is 5.25. The van der Waals surface area contributed by atoms with E-state index >= 15 is 0 Å². The molecule has 0 bridgehead atoms. The Morgan fingerprint density at radius 1 is 1.35 bits per heavy atom. The van der Waals surface area contributed by atoms with Gasteiger partial charge in [0.2, 0.25) is 0 Å². The van der Waals surface area contributed by atoms with E-state index in [-0.39, 0.29) is 12.3 Å². The zero-order chi connectivity index (χ0) is 15.3. The Hall–Kier alpha value is -2.37. The van der Waals surface area contributed by atoms with E-state index in [4.69, 9.17) is 15.6 Å². The van der Waals surface area contributed by atoms with E-state index in [9.17, 15) is 9.59 Å². The summed E-state index contributed by atoms with van der Waals surface area (Å²) in [4.78, 5) is 25.8. The normalized spacial score (nSPS) is 12.1. The third-order valence-electron chi connectivity index (χ3n) is 2.18. The fourth-order valence-electron chi connectivity index (χ4n) is 1.46. The molecule has 108 valence electrons. The number of ether oxygens (including phenoxy) is 1. The van der Waals surface area contributed by atoms with Crippen molar-refractivity contribution in [1.29, 1.82) is 0 Å². The summed E-state index contributed by atoms with van der Waals surface area (Å²) in [7, 11) is 0. The van der Waals surface area contributed by atoms with E-state index < -0.39 is 17.7 Å². The molecular weight excluding hydrogens is 260 g/mol. The van der Waals surface area contributed by atoms with Gasteiger partial charge >= 0.3 is 12.1 Å². The van der Waals surface area contributed by atoms with Crippen LogP contribution >= 0.6 is 0 Å². The predicted octanol–water partition coefficient (Wildman–Crippen LogP) is 1.95. The minimum Gasteiger partial charge on any atom is -0.481 e. The number of nitrogens with two attached hydrogens (primary N) is 1. The summed E-state index contributed by atoms with van der Waals surface area (Å²) in [6.07, 6.45) is -0.897. The van der Waals surface area contributed by atoms with Crippen LogP contribution in [0.1, 0.15) is 31.9 Å². The maximum Gasteiger partial charge on any atom is 0.436 e. The lowest BCUT2D eigenvalue weighted by Gasteiger charge is -2.17. The number of benzene rings is 1. The highest BCUT2D eigenvalue weighted by Gasteiger charge is 2.16. The molecule has 0 radical (unpaired) electrons. The van der Waals surface area contributed by atoms with Gasteiger partial charge in [0.15, 0.2) is 0 Å². The molecule has 1 rings (SSSR count). The molecule has 0 spiro atoms. The number of nitrogens with zero attached hydrogens (tertiary/aromatic N) is 1. The lowest BCUT2D eigenvalue weighted by molar-refractivity contribution is -0.136. The quantitative estimate of drug-likeness (QED) is 0.650. The predicted molar refractivity (Wildman–Crippen MR) is 74.7 cm³/mol. The lowest BCUT2D eigenvalue weighted by atomic mass is 10.1. The maximum absolute atomic E-state index is 11.5. The zero-order valence-electron chi connectivity index (χ0n) is 11.7. The molecule has 0 heterocycles. The first kappa shape index (κ1) is 15.7. The molecule has 0 atom stereocenters. The van der Waals surface area contributed by atoms with Crippen LogP contribution in [0.4, 0.5) is 4.79 Å². The molecule has 0 saturated heterocycles. The van der Waals surface area contributed by atoms with Crippen molar-refractivity contribution in [2.24, 2.45) is 10.7 Å². The summed E-state index contributed by atoms with van der Waals surface area (Å²) in [5.41, 5.74) is 6.13. The van der Waals surface area contributed by atoms with Crippen molar-refractivity contribution in [3.63, 3.8) is 0 Å². The summed E-state index contributed by atoms with van der Waals surface area (Å²) in [5, 5.41) is 8.73. The van der Waals surface area contributed by atoms with Gasteiger partial charge in [0, 0.05) is 5.56 Å². The Balaban J connectivity index is 2.88. The van der Waals surface area contributed by atoms with Gasteiger partial charge in [-0.2, -0.15) is 4.99 Å². The second kappa shape index (κ2) is 6.18. The number of rotatable bonds is 3. The van der Waals surface area contributed by atoms with Crippen LogP contribution in [0.5, 0.6) is 0 Å². The van der Waals surface area contributed by atoms with Crippen LogP contribution < -0.4 is 5.73 Å². The summed E-state index contributed by atoms with van der Waals surface area (Å²) in [5.74, 6) is -0.948. The van der Waals surface area contributed by atoms with Gasteiger partial charge in [-0.15, -0.1) is 0 Å². The highest BCUT2D eigenvalue weighted by atomic mass is 16.6. The van der Waals surface area contributed by atoms with E-state index in [1.54, 1.807) is 45.0 Å². The average molecular weight is 278 g/mol. The summed E-state index contributed by atoms with van der Waals surface area (Å²) < 4.78 is 5.02. The van der Waals surface area contributed by atoms with Crippen molar-refractivity contribution in [3.8, 4) is 0 Å². The zero-order valence-corrected chi connectivity index (χ0v) is 11.7. The molecule has 0 saturated carbocycles. The first-order valence-corrected chi connectivity index (χ1v) is 6.05. The molecule has 6 nitrogen and oxygen atoms in total. The Kier molecular flexibility index (Phi) is 4.85. The van der Waals surface area contributed by atoms with Gasteiger partial charge in [0.25, 0.3) is 0 Å². The summed E-state index contributed by atoms with van der Waals surface area (Å²) >= 11 is 0. The van der Waals surface area contributed by atoms with E-state index in [1.165, 1.54) is 0 Å². The molecule has 1 amide bonds. The van der Waals surface area contributed by atoms with Gasteiger partial charge in [-0.25, -0.2) is 4.79 Å². The second-order valence-electron chi connectivity index (χ2n) is 5.25. The van der Waals surface area contributed by atoms with E-state index in [2.05, 4.69) is 4.99 Å². The molecule has 0 fully saturated rings. The first-order chi connectivity index (χ1) is 9.17. The van der Waals surface area contributed by atoms with E-state index in [0.717, 1.165) is 0 Å². The van der Waals surface area contributed by atoms with Gasteiger partial charge in [-0.1, -0.05) is 18.2 Å². The van der Waals surface area contributed by atoms with Crippen molar-refractivity contribution < 1.29 is 19.4 Å². The minimum absolute atomic E-state index is 0.00788. The van der Waals surface area contributed by atoms with Crippen LogP contribution in [0.25, 0.3) is 0 Å². The number of carbonyl (C=O) groups is 2. The molecular formula is C14H18N2O4. The number of aliphatic carboxylic acids is 1. The molecule has 0 aliphatic carbocycles. The van der Waals surface area contributed by atoms with Gasteiger partial charge in [0.05, 0.1) is 6.42 Å². The van der Waals surface area contributed by atoms with Crippen LogP contribution in [-0.4, -0.2) is 28.6 Å². The van der Waals surface area contributed by atoms with E-state index in [1.807, 2.05) is 0 Å². The molecule has 0 aliphatic heterocycles. The highest BCUT2D eigenvalue weighted by Crippen LogP contribution is 2.10. The van der Waals surface area contributed by atoms with Crippen LogP contribution in [0, 0.1) is 0 Å². The van der Waals surface area contributed by atoms with Gasteiger partial charge in [-0.05, 0) is 32.4 Å². The standard InChI is InChI=1S/C14H18N2O4/c1-14(2,3)20-13(19)16-12(15)10-6-4-5-9(7-10)8-11(17)18/h4-7H,8H2,1-3H3,(H,17,18)(H2,15,16,19). The molecule has 6 heteroatoms. The molecule has 0 aromatic heterocycles. The Bertz CT molecular complexity index is 544. The van der Waals surface area contributed by atoms with Crippen molar-refractivity contribution >= 4 is 17.9 Å². The Morgan fingerprint density at radius 2 is 2.00 bits per heavy atom. The number of hydrogen-bond donors (Lipinski definition) is 2. The third-order valence-corrected chi connectivity index (χ3v) is 2.18. The molecule has 0 unspecified atom stereocenters. The van der Waals surface area contributed by atoms with Crippen molar-refractivity contribution in [3.05, 3.63) is 35.4 Å². The number of hydrogen-bond acceptors (Lipinski definition) is 3. The molecule has 3 N–H and O–H groups in total. The molecule has 1 aromatic carbocycles.